The second-order valence-corrected chi connectivity index (χ2v) is 9.56. The maximum absolute atomic E-state index is 13.8. The molecule has 1 amide bonds. The quantitative estimate of drug-likeness (QED) is 0.266. The van der Waals surface area contributed by atoms with Crippen LogP contribution in [0.3, 0.4) is 0 Å². The number of nitrogens with one attached hydrogen (secondary N) is 2. The highest BCUT2D eigenvalue weighted by molar-refractivity contribution is 6.35. The molecule has 2 N–H and O–H groups in total. The molecule has 200 valence electrons. The molecule has 1 aliphatic rings. The lowest BCUT2D eigenvalue weighted by molar-refractivity contribution is -0.113. The fraction of sp³-hybridized carbons (Fsp3) is 0.179. The van der Waals surface area contributed by atoms with Crippen LogP contribution in [0.25, 0.3) is 0 Å². The Kier molecular flexibility index (Phi) is 7.63. The predicted molar refractivity (Wildman–Crippen MR) is 150 cm³/mol. The standard InChI is InChI=1S/C28H25Cl2N5O4/c1-16-25(27(36)34-23-13-20(37-2)9-10-24(23)38-3)26(35-28(33-16)31-15-32-35)17-5-4-6-21(11-17)39-14-18-7-8-19(29)12-22(18)30/h4-13,15,26H,14H2,1-3H3,(H,34,36)(H,31,32,33)/t26-/m0/s1. The Morgan fingerprint density at radius 2 is 1.90 bits per heavy atom. The lowest BCUT2D eigenvalue weighted by atomic mass is 9.94. The monoisotopic (exact) mass is 565 g/mol. The minimum atomic E-state index is -0.581. The molecule has 0 unspecified atom stereocenters. The van der Waals surface area contributed by atoms with E-state index >= 15 is 0 Å². The van der Waals surface area contributed by atoms with Crippen molar-refractivity contribution in [1.29, 1.82) is 0 Å². The Balaban J connectivity index is 1.47. The molecule has 0 spiro atoms. The van der Waals surface area contributed by atoms with Crippen molar-refractivity contribution in [2.75, 3.05) is 24.9 Å². The van der Waals surface area contributed by atoms with Crippen LogP contribution < -0.4 is 24.8 Å². The molecule has 0 bridgehead atoms. The van der Waals surface area contributed by atoms with E-state index in [2.05, 4.69) is 20.7 Å². The van der Waals surface area contributed by atoms with Gasteiger partial charge in [0.25, 0.3) is 5.91 Å². The number of hydrogen-bond donors (Lipinski definition) is 2. The second kappa shape index (κ2) is 11.3. The summed E-state index contributed by atoms with van der Waals surface area (Å²) in [6.07, 6.45) is 1.44. The number of carbonyl (C=O) groups excluding carboxylic acids is 1. The van der Waals surface area contributed by atoms with E-state index in [0.29, 0.717) is 50.2 Å². The molecule has 1 aromatic heterocycles. The summed E-state index contributed by atoms with van der Waals surface area (Å²) in [5.74, 6) is 1.87. The number of fused-ring (bicyclic) bond motifs is 1. The number of anilines is 2. The maximum Gasteiger partial charge on any atom is 0.255 e. The number of amides is 1. The molecular formula is C28H25Cl2N5O4. The molecule has 0 saturated carbocycles. The van der Waals surface area contributed by atoms with Crippen LogP contribution in [0.1, 0.15) is 24.1 Å². The predicted octanol–water partition coefficient (Wildman–Crippen LogP) is 6.11. The molecule has 2 heterocycles. The molecule has 1 atom stereocenters. The zero-order valence-electron chi connectivity index (χ0n) is 21.4. The van der Waals surface area contributed by atoms with E-state index in [0.717, 1.165) is 11.1 Å². The first-order chi connectivity index (χ1) is 18.9. The third-order valence-corrected chi connectivity index (χ3v) is 6.86. The fourth-order valence-electron chi connectivity index (χ4n) is 4.37. The highest BCUT2D eigenvalue weighted by Crippen LogP contribution is 2.37. The molecule has 5 rings (SSSR count). The van der Waals surface area contributed by atoms with Crippen molar-refractivity contribution in [2.45, 2.75) is 19.6 Å². The highest BCUT2D eigenvalue weighted by Gasteiger charge is 2.34. The Hall–Kier alpha value is -4.21. The van der Waals surface area contributed by atoms with E-state index in [9.17, 15) is 4.79 Å². The zero-order chi connectivity index (χ0) is 27.5. The van der Waals surface area contributed by atoms with E-state index in [1.807, 2.05) is 37.3 Å². The molecule has 0 aliphatic carbocycles. The van der Waals surface area contributed by atoms with Crippen LogP contribution in [-0.2, 0) is 11.4 Å². The lowest BCUT2D eigenvalue weighted by Crippen LogP contribution is -2.31. The average molecular weight is 566 g/mol. The van der Waals surface area contributed by atoms with Gasteiger partial charge in [-0.25, -0.2) is 4.68 Å². The summed E-state index contributed by atoms with van der Waals surface area (Å²) in [4.78, 5) is 18.1. The van der Waals surface area contributed by atoms with Crippen molar-refractivity contribution in [3.63, 3.8) is 0 Å². The van der Waals surface area contributed by atoms with Gasteiger partial charge in [-0.3, -0.25) is 4.79 Å². The maximum atomic E-state index is 13.8. The van der Waals surface area contributed by atoms with Gasteiger partial charge in [-0.1, -0.05) is 41.4 Å². The van der Waals surface area contributed by atoms with Gasteiger partial charge in [0, 0.05) is 27.4 Å². The summed E-state index contributed by atoms with van der Waals surface area (Å²) in [5, 5.41) is 11.6. The van der Waals surface area contributed by atoms with Crippen LogP contribution in [-0.4, -0.2) is 34.9 Å². The number of ether oxygens (including phenoxy) is 3. The first-order valence-electron chi connectivity index (χ1n) is 11.9. The van der Waals surface area contributed by atoms with Gasteiger partial charge in [0.1, 0.15) is 36.2 Å². The summed E-state index contributed by atoms with van der Waals surface area (Å²) in [5.41, 5.74) is 3.15. The molecule has 39 heavy (non-hydrogen) atoms. The normalized spacial score (nSPS) is 14.3. The zero-order valence-corrected chi connectivity index (χ0v) is 22.9. The SMILES string of the molecule is COc1ccc(OC)c(NC(=O)C2=C(C)Nc3ncnn3[C@H]2c2cccc(OCc3ccc(Cl)cc3Cl)c2)c1. The van der Waals surface area contributed by atoms with Crippen molar-refractivity contribution in [3.05, 3.63) is 99.4 Å². The van der Waals surface area contributed by atoms with Gasteiger partial charge in [-0.15, -0.1) is 0 Å². The van der Waals surface area contributed by atoms with Crippen LogP contribution in [0.15, 0.2) is 78.3 Å². The van der Waals surface area contributed by atoms with E-state index in [1.54, 1.807) is 42.1 Å². The molecule has 3 aromatic carbocycles. The van der Waals surface area contributed by atoms with Crippen molar-refractivity contribution >= 4 is 40.7 Å². The Bertz CT molecular complexity index is 1570. The summed E-state index contributed by atoms with van der Waals surface area (Å²) in [7, 11) is 3.10. The van der Waals surface area contributed by atoms with E-state index in [-0.39, 0.29) is 12.5 Å². The van der Waals surface area contributed by atoms with Gasteiger partial charge in [-0.2, -0.15) is 10.1 Å². The van der Waals surface area contributed by atoms with E-state index in [1.165, 1.54) is 13.4 Å². The molecule has 11 heteroatoms. The number of rotatable bonds is 8. The molecular weight excluding hydrogens is 541 g/mol. The Morgan fingerprint density at radius 3 is 2.67 bits per heavy atom. The summed E-state index contributed by atoms with van der Waals surface area (Å²) in [6, 6.07) is 17.4. The number of nitrogens with zero attached hydrogens (tertiary/aromatic N) is 3. The van der Waals surface area contributed by atoms with Gasteiger partial charge < -0.3 is 24.8 Å². The van der Waals surface area contributed by atoms with Gasteiger partial charge in [0.05, 0.1) is 25.5 Å². The molecule has 9 nitrogen and oxygen atoms in total. The molecule has 4 aromatic rings. The van der Waals surface area contributed by atoms with Crippen LogP contribution in [0.5, 0.6) is 17.2 Å². The number of aromatic nitrogens is 3. The topological polar surface area (TPSA) is 99.5 Å². The van der Waals surface area contributed by atoms with Crippen LogP contribution >= 0.6 is 23.2 Å². The molecule has 0 saturated heterocycles. The van der Waals surface area contributed by atoms with Crippen LogP contribution in [0.4, 0.5) is 11.6 Å². The number of hydrogen-bond acceptors (Lipinski definition) is 7. The fourth-order valence-corrected chi connectivity index (χ4v) is 4.83. The summed E-state index contributed by atoms with van der Waals surface area (Å²) >= 11 is 12.3. The van der Waals surface area contributed by atoms with Gasteiger partial charge in [-0.05, 0) is 48.9 Å². The van der Waals surface area contributed by atoms with Crippen molar-refractivity contribution in [3.8, 4) is 17.2 Å². The van der Waals surface area contributed by atoms with E-state index < -0.39 is 6.04 Å². The molecule has 0 radical (unpaired) electrons. The molecule has 1 aliphatic heterocycles. The minimum absolute atomic E-state index is 0.248. The minimum Gasteiger partial charge on any atom is -0.497 e. The first-order valence-corrected chi connectivity index (χ1v) is 12.7. The van der Waals surface area contributed by atoms with Gasteiger partial charge >= 0.3 is 0 Å². The van der Waals surface area contributed by atoms with Gasteiger partial charge in [0.2, 0.25) is 5.95 Å². The van der Waals surface area contributed by atoms with E-state index in [4.69, 9.17) is 37.4 Å². The molecule has 0 fully saturated rings. The smallest absolute Gasteiger partial charge is 0.255 e. The summed E-state index contributed by atoms with van der Waals surface area (Å²) in [6.45, 7) is 2.07. The average Bonchev–Trinajstić information content (AvgIpc) is 3.40. The highest BCUT2D eigenvalue weighted by atomic mass is 35.5. The summed E-state index contributed by atoms with van der Waals surface area (Å²) < 4.78 is 18.5. The van der Waals surface area contributed by atoms with Crippen LogP contribution in [0, 0.1) is 0 Å². The number of allylic oxidation sites excluding steroid dienone is 1. The number of halogens is 2. The van der Waals surface area contributed by atoms with Crippen molar-refractivity contribution in [1.82, 2.24) is 14.8 Å². The van der Waals surface area contributed by atoms with Gasteiger partial charge in [0.15, 0.2) is 0 Å². The number of benzene rings is 3. The lowest BCUT2D eigenvalue weighted by Gasteiger charge is -2.29. The largest absolute Gasteiger partial charge is 0.497 e. The third kappa shape index (κ3) is 5.50. The second-order valence-electron chi connectivity index (χ2n) is 8.71. The Morgan fingerprint density at radius 1 is 1.05 bits per heavy atom. The number of methoxy groups -OCH3 is 2. The number of carbonyl (C=O) groups is 1. The first kappa shape index (κ1) is 26.4. The third-order valence-electron chi connectivity index (χ3n) is 6.28. The van der Waals surface area contributed by atoms with Crippen LogP contribution in [0.2, 0.25) is 10.0 Å². The van der Waals surface area contributed by atoms with Crippen molar-refractivity contribution in [2.24, 2.45) is 0 Å². The van der Waals surface area contributed by atoms with Crippen molar-refractivity contribution < 1.29 is 19.0 Å². The Labute approximate surface area is 235 Å².